The highest BCUT2D eigenvalue weighted by Crippen LogP contribution is 2.15. The van der Waals surface area contributed by atoms with Crippen molar-refractivity contribution in [3.63, 3.8) is 0 Å². The van der Waals surface area contributed by atoms with Gasteiger partial charge in [0.15, 0.2) is 6.61 Å². The monoisotopic (exact) mass is 373 g/mol. The summed E-state index contributed by atoms with van der Waals surface area (Å²) in [6.07, 6.45) is 2.17. The number of ether oxygens (including phenoxy) is 1. The number of amides is 1. The Bertz CT molecular complexity index is 803. The van der Waals surface area contributed by atoms with E-state index >= 15 is 0 Å². The third-order valence-electron chi connectivity index (χ3n) is 4.61. The van der Waals surface area contributed by atoms with Crippen LogP contribution >= 0.6 is 0 Å². The number of hydrogen-bond donors (Lipinski definition) is 0. The van der Waals surface area contributed by atoms with Crippen molar-refractivity contribution in [2.75, 3.05) is 6.61 Å². The van der Waals surface area contributed by atoms with Gasteiger partial charge in [0.1, 0.15) is 5.75 Å². The molecule has 0 radical (unpaired) electrons. The summed E-state index contributed by atoms with van der Waals surface area (Å²) in [6.45, 7) is 3.32. The van der Waals surface area contributed by atoms with Crippen LogP contribution in [0.5, 0.6) is 5.75 Å². The van der Waals surface area contributed by atoms with Gasteiger partial charge in [-0.2, -0.15) is 0 Å². The normalized spacial score (nSPS) is 10.5. The fourth-order valence-corrected chi connectivity index (χ4v) is 3.12. The van der Waals surface area contributed by atoms with Crippen molar-refractivity contribution in [2.24, 2.45) is 0 Å². The zero-order valence-corrected chi connectivity index (χ0v) is 16.4. The summed E-state index contributed by atoms with van der Waals surface area (Å²) in [5.41, 5.74) is 3.50. The Morgan fingerprint density at radius 1 is 0.750 bits per heavy atom. The topological polar surface area (TPSA) is 29.5 Å². The van der Waals surface area contributed by atoms with Crippen molar-refractivity contribution in [2.45, 2.75) is 32.9 Å². The largest absolute Gasteiger partial charge is 0.484 e. The van der Waals surface area contributed by atoms with E-state index in [0.29, 0.717) is 13.1 Å². The van der Waals surface area contributed by atoms with Gasteiger partial charge in [0.05, 0.1) is 0 Å². The first-order valence-electron chi connectivity index (χ1n) is 9.82. The van der Waals surface area contributed by atoms with Crippen LogP contribution in [0.15, 0.2) is 84.9 Å². The minimum atomic E-state index is -0.0228. The molecule has 0 spiro atoms. The summed E-state index contributed by atoms with van der Waals surface area (Å²) in [5.74, 6) is 0.706. The Balaban J connectivity index is 1.65. The van der Waals surface area contributed by atoms with Crippen LogP contribution in [-0.2, 0) is 24.3 Å². The van der Waals surface area contributed by atoms with Crippen molar-refractivity contribution in [1.82, 2.24) is 4.90 Å². The molecule has 0 bridgehead atoms. The molecular formula is C25H27NO2. The molecular weight excluding hydrogens is 346 g/mol. The molecule has 3 rings (SSSR count). The summed E-state index contributed by atoms with van der Waals surface area (Å²) in [7, 11) is 0. The van der Waals surface area contributed by atoms with Gasteiger partial charge in [-0.1, -0.05) is 86.1 Å². The van der Waals surface area contributed by atoms with Crippen molar-refractivity contribution in [1.29, 1.82) is 0 Å². The molecule has 0 saturated heterocycles. The van der Waals surface area contributed by atoms with Gasteiger partial charge in [-0.05, 0) is 35.2 Å². The van der Waals surface area contributed by atoms with Crippen LogP contribution in [0.25, 0.3) is 0 Å². The van der Waals surface area contributed by atoms with Gasteiger partial charge in [-0.3, -0.25) is 4.79 Å². The Labute approximate surface area is 167 Å². The Hall–Kier alpha value is -3.07. The molecule has 0 unspecified atom stereocenters. The maximum absolute atomic E-state index is 12.9. The van der Waals surface area contributed by atoms with E-state index < -0.39 is 0 Å². The first-order valence-corrected chi connectivity index (χ1v) is 9.82. The van der Waals surface area contributed by atoms with Crippen LogP contribution in [0.4, 0.5) is 0 Å². The van der Waals surface area contributed by atoms with Crippen molar-refractivity contribution < 1.29 is 9.53 Å². The Morgan fingerprint density at radius 3 is 1.79 bits per heavy atom. The Kier molecular flexibility index (Phi) is 7.25. The van der Waals surface area contributed by atoms with E-state index in [1.165, 1.54) is 5.56 Å². The summed E-state index contributed by atoms with van der Waals surface area (Å²) in [6, 6.07) is 28.1. The third kappa shape index (κ3) is 5.98. The smallest absolute Gasteiger partial charge is 0.261 e. The molecule has 0 saturated carbocycles. The van der Waals surface area contributed by atoms with Gasteiger partial charge in [-0.15, -0.1) is 0 Å². The van der Waals surface area contributed by atoms with E-state index in [2.05, 4.69) is 19.1 Å². The van der Waals surface area contributed by atoms with E-state index in [-0.39, 0.29) is 12.5 Å². The zero-order valence-electron chi connectivity index (χ0n) is 16.4. The molecule has 3 nitrogen and oxygen atoms in total. The standard InChI is InChI=1S/C25H27NO2/c1-2-9-21-14-16-24(17-15-21)28-20-25(27)26(18-22-10-5-3-6-11-22)19-23-12-7-4-8-13-23/h3-8,10-17H,2,9,18-20H2,1H3. The summed E-state index contributed by atoms with van der Waals surface area (Å²) >= 11 is 0. The van der Waals surface area contributed by atoms with Crippen molar-refractivity contribution in [3.8, 4) is 5.75 Å². The second-order valence-corrected chi connectivity index (χ2v) is 6.90. The van der Waals surface area contributed by atoms with Crippen LogP contribution in [0, 0.1) is 0 Å². The van der Waals surface area contributed by atoms with E-state index in [0.717, 1.165) is 29.7 Å². The van der Waals surface area contributed by atoms with Gasteiger partial charge in [0, 0.05) is 13.1 Å². The molecule has 28 heavy (non-hydrogen) atoms. The molecule has 1 amide bonds. The second-order valence-electron chi connectivity index (χ2n) is 6.90. The molecule has 0 fully saturated rings. The highest BCUT2D eigenvalue weighted by Gasteiger charge is 2.15. The van der Waals surface area contributed by atoms with Crippen LogP contribution in [-0.4, -0.2) is 17.4 Å². The first kappa shape index (κ1) is 19.7. The lowest BCUT2D eigenvalue weighted by molar-refractivity contribution is -0.134. The molecule has 0 aliphatic rings. The molecule has 144 valence electrons. The van der Waals surface area contributed by atoms with Gasteiger partial charge in [0.25, 0.3) is 5.91 Å². The van der Waals surface area contributed by atoms with Crippen LogP contribution in [0.2, 0.25) is 0 Å². The van der Waals surface area contributed by atoms with Crippen LogP contribution in [0.3, 0.4) is 0 Å². The van der Waals surface area contributed by atoms with Crippen molar-refractivity contribution >= 4 is 5.91 Å². The molecule has 0 aromatic heterocycles. The van der Waals surface area contributed by atoms with Gasteiger partial charge in [0.2, 0.25) is 0 Å². The number of hydrogen-bond acceptors (Lipinski definition) is 2. The molecule has 0 aliphatic heterocycles. The molecule has 0 aliphatic carbocycles. The average molecular weight is 373 g/mol. The lowest BCUT2D eigenvalue weighted by Gasteiger charge is -2.23. The molecule has 3 aromatic rings. The van der Waals surface area contributed by atoms with Crippen LogP contribution < -0.4 is 4.74 Å². The van der Waals surface area contributed by atoms with Crippen molar-refractivity contribution in [3.05, 3.63) is 102 Å². The highest BCUT2D eigenvalue weighted by molar-refractivity contribution is 5.77. The number of carbonyl (C=O) groups is 1. The van der Waals surface area contributed by atoms with E-state index in [4.69, 9.17) is 4.74 Å². The summed E-state index contributed by atoms with van der Waals surface area (Å²) in [4.78, 5) is 14.7. The van der Waals surface area contributed by atoms with E-state index in [1.807, 2.05) is 77.7 Å². The fraction of sp³-hybridized carbons (Fsp3) is 0.240. The van der Waals surface area contributed by atoms with Gasteiger partial charge in [-0.25, -0.2) is 0 Å². The summed E-state index contributed by atoms with van der Waals surface area (Å²) in [5, 5.41) is 0. The lowest BCUT2D eigenvalue weighted by atomic mass is 10.1. The predicted octanol–water partition coefficient (Wildman–Crippen LogP) is 5.25. The number of benzene rings is 3. The fourth-order valence-electron chi connectivity index (χ4n) is 3.12. The average Bonchev–Trinajstić information content (AvgIpc) is 2.74. The van der Waals surface area contributed by atoms with Gasteiger partial charge >= 0.3 is 0 Å². The lowest BCUT2D eigenvalue weighted by Crippen LogP contribution is -2.34. The molecule has 0 atom stereocenters. The minimum Gasteiger partial charge on any atom is -0.484 e. The molecule has 0 N–H and O–H groups in total. The number of aryl methyl sites for hydroxylation is 1. The van der Waals surface area contributed by atoms with Crippen LogP contribution in [0.1, 0.15) is 30.0 Å². The number of rotatable bonds is 9. The van der Waals surface area contributed by atoms with E-state index in [1.54, 1.807) is 0 Å². The number of carbonyl (C=O) groups excluding carboxylic acids is 1. The SMILES string of the molecule is CCCc1ccc(OCC(=O)N(Cc2ccccc2)Cc2ccccc2)cc1. The zero-order chi connectivity index (χ0) is 19.6. The first-order chi connectivity index (χ1) is 13.7. The predicted molar refractivity (Wildman–Crippen MR) is 113 cm³/mol. The number of nitrogens with zero attached hydrogens (tertiary/aromatic N) is 1. The maximum Gasteiger partial charge on any atom is 0.261 e. The van der Waals surface area contributed by atoms with Gasteiger partial charge < -0.3 is 9.64 Å². The Morgan fingerprint density at radius 2 is 1.29 bits per heavy atom. The molecule has 0 heterocycles. The highest BCUT2D eigenvalue weighted by atomic mass is 16.5. The summed E-state index contributed by atoms with van der Waals surface area (Å²) < 4.78 is 5.77. The second kappa shape index (κ2) is 10.3. The minimum absolute atomic E-state index is 0.0228. The molecule has 3 heteroatoms. The maximum atomic E-state index is 12.9. The van der Waals surface area contributed by atoms with E-state index in [9.17, 15) is 4.79 Å². The third-order valence-corrected chi connectivity index (χ3v) is 4.61. The molecule has 3 aromatic carbocycles. The quantitative estimate of drug-likeness (QED) is 0.513.